The van der Waals surface area contributed by atoms with Gasteiger partial charge in [0.15, 0.2) is 5.69 Å². The van der Waals surface area contributed by atoms with Crippen LogP contribution in [0.1, 0.15) is 24.1 Å². The van der Waals surface area contributed by atoms with Gasteiger partial charge in [-0.05, 0) is 37.0 Å². The molecule has 1 N–H and O–H groups in total. The summed E-state index contributed by atoms with van der Waals surface area (Å²) >= 11 is 0. The Morgan fingerprint density at radius 3 is 2.54 bits per heavy atom. The van der Waals surface area contributed by atoms with Crippen molar-refractivity contribution in [2.75, 3.05) is 18.4 Å². The van der Waals surface area contributed by atoms with Gasteiger partial charge in [-0.15, -0.1) is 10.2 Å². The van der Waals surface area contributed by atoms with E-state index < -0.39 is 17.9 Å². The molecule has 2 heterocycles. The van der Waals surface area contributed by atoms with Crippen molar-refractivity contribution in [2.45, 2.75) is 31.5 Å². The monoisotopic (exact) mass is 364 g/mol. The predicted octanol–water partition coefficient (Wildman–Crippen LogP) is 3.14. The van der Waals surface area contributed by atoms with Gasteiger partial charge in [0, 0.05) is 13.1 Å². The fraction of sp³-hybridized carbons (Fsp3) is 0.389. The number of carbonyl (C=O) groups excluding carboxylic acids is 1. The minimum Gasteiger partial charge on any atom is -0.357 e. The molecule has 0 aliphatic carbocycles. The second-order valence-electron chi connectivity index (χ2n) is 6.20. The zero-order chi connectivity index (χ0) is 18.6. The number of hydrogen-bond donors (Lipinski definition) is 1. The first-order valence-corrected chi connectivity index (χ1v) is 8.43. The number of hydrogen-bond acceptors (Lipinski definition) is 4. The summed E-state index contributed by atoms with van der Waals surface area (Å²) in [6.45, 7) is 1.28. The van der Waals surface area contributed by atoms with Gasteiger partial charge < -0.3 is 10.2 Å². The highest BCUT2D eigenvalue weighted by Crippen LogP contribution is 2.27. The zero-order valence-corrected chi connectivity index (χ0v) is 14.0. The summed E-state index contributed by atoms with van der Waals surface area (Å²) in [6.07, 6.45) is -2.17. The average molecular weight is 364 g/mol. The van der Waals surface area contributed by atoms with Crippen LogP contribution in [0.25, 0.3) is 0 Å². The number of rotatable bonds is 6. The Hall–Kier alpha value is -2.64. The van der Waals surface area contributed by atoms with Gasteiger partial charge in [-0.25, -0.2) is 0 Å². The predicted molar refractivity (Wildman–Crippen MR) is 90.4 cm³/mol. The zero-order valence-electron chi connectivity index (χ0n) is 14.0. The Balaban J connectivity index is 1.49. The van der Waals surface area contributed by atoms with Crippen LogP contribution in [0.4, 0.5) is 19.0 Å². The third-order valence-corrected chi connectivity index (χ3v) is 4.31. The van der Waals surface area contributed by atoms with E-state index in [1.807, 2.05) is 18.2 Å². The van der Waals surface area contributed by atoms with Crippen molar-refractivity contribution in [1.29, 1.82) is 0 Å². The van der Waals surface area contributed by atoms with E-state index >= 15 is 0 Å². The molecule has 1 amide bonds. The number of amides is 1. The molecular formula is C18H19F3N4O. The molecule has 0 radical (unpaired) electrons. The van der Waals surface area contributed by atoms with Gasteiger partial charge in [-0.1, -0.05) is 30.3 Å². The van der Waals surface area contributed by atoms with Crippen LogP contribution in [-0.2, 0) is 17.4 Å². The number of aryl methyl sites for hydroxylation is 1. The molecule has 2 aromatic rings. The molecule has 1 saturated heterocycles. The van der Waals surface area contributed by atoms with Crippen LogP contribution in [-0.4, -0.2) is 40.1 Å². The van der Waals surface area contributed by atoms with Gasteiger partial charge in [-0.3, -0.25) is 4.79 Å². The first-order valence-electron chi connectivity index (χ1n) is 8.43. The molecule has 1 aromatic heterocycles. The van der Waals surface area contributed by atoms with Gasteiger partial charge >= 0.3 is 6.18 Å². The van der Waals surface area contributed by atoms with E-state index in [-0.39, 0.29) is 11.7 Å². The smallest absolute Gasteiger partial charge is 0.357 e. The average Bonchev–Trinajstić information content (AvgIpc) is 2.96. The highest BCUT2D eigenvalue weighted by atomic mass is 19.4. The lowest BCUT2D eigenvalue weighted by atomic mass is 10.1. The maximum Gasteiger partial charge on any atom is 0.435 e. The lowest BCUT2D eigenvalue weighted by molar-refractivity contribution is -0.141. The lowest BCUT2D eigenvalue weighted by Gasteiger charge is -2.17. The Morgan fingerprint density at radius 1 is 1.12 bits per heavy atom. The number of halogens is 3. The van der Waals surface area contributed by atoms with Gasteiger partial charge in [0.05, 0.1) is 0 Å². The summed E-state index contributed by atoms with van der Waals surface area (Å²) in [5.41, 5.74) is 0.178. The molecule has 0 saturated carbocycles. The molecule has 1 fully saturated rings. The maximum atomic E-state index is 12.5. The second-order valence-corrected chi connectivity index (χ2v) is 6.20. The van der Waals surface area contributed by atoms with Crippen LogP contribution in [0.15, 0.2) is 42.5 Å². The van der Waals surface area contributed by atoms with E-state index in [0.717, 1.165) is 18.9 Å². The molecule has 0 spiro atoms. The largest absolute Gasteiger partial charge is 0.435 e. The van der Waals surface area contributed by atoms with E-state index in [1.165, 1.54) is 11.6 Å². The molecule has 138 valence electrons. The topological polar surface area (TPSA) is 58.1 Å². The van der Waals surface area contributed by atoms with Crippen LogP contribution >= 0.6 is 0 Å². The molecule has 1 atom stereocenters. The summed E-state index contributed by atoms with van der Waals surface area (Å²) in [4.78, 5) is 14.2. The summed E-state index contributed by atoms with van der Waals surface area (Å²) < 4.78 is 37.5. The summed E-state index contributed by atoms with van der Waals surface area (Å²) in [5, 5.41) is 9.55. The Morgan fingerprint density at radius 2 is 1.88 bits per heavy atom. The molecule has 26 heavy (non-hydrogen) atoms. The Bertz CT molecular complexity index is 734. The van der Waals surface area contributed by atoms with E-state index in [1.54, 1.807) is 4.90 Å². The lowest BCUT2D eigenvalue weighted by Crippen LogP contribution is -2.34. The van der Waals surface area contributed by atoms with Crippen LogP contribution in [0, 0.1) is 0 Å². The van der Waals surface area contributed by atoms with Crippen LogP contribution in [0.2, 0.25) is 0 Å². The van der Waals surface area contributed by atoms with Gasteiger partial charge in [0.1, 0.15) is 11.9 Å². The minimum atomic E-state index is -4.52. The minimum absolute atomic E-state index is 0.0558. The normalized spacial score (nSPS) is 17.6. The van der Waals surface area contributed by atoms with Crippen molar-refractivity contribution in [2.24, 2.45) is 0 Å². The number of carbonyl (C=O) groups is 1. The van der Waals surface area contributed by atoms with Crippen molar-refractivity contribution in [1.82, 2.24) is 15.1 Å². The summed E-state index contributed by atoms with van der Waals surface area (Å²) in [5.74, 6) is 0.113. The number of nitrogens with zero attached hydrogens (tertiary/aromatic N) is 3. The van der Waals surface area contributed by atoms with Crippen LogP contribution in [0.5, 0.6) is 0 Å². The molecule has 5 nitrogen and oxygen atoms in total. The first kappa shape index (κ1) is 18.2. The first-order chi connectivity index (χ1) is 12.4. The fourth-order valence-corrected chi connectivity index (χ4v) is 2.95. The maximum absolute atomic E-state index is 12.5. The molecule has 1 aliphatic heterocycles. The van der Waals surface area contributed by atoms with Gasteiger partial charge in [0.2, 0.25) is 5.91 Å². The third-order valence-electron chi connectivity index (χ3n) is 4.31. The van der Waals surface area contributed by atoms with E-state index in [9.17, 15) is 18.0 Å². The molecule has 1 aromatic carbocycles. The van der Waals surface area contributed by atoms with Crippen LogP contribution in [0.3, 0.4) is 0 Å². The quantitative estimate of drug-likeness (QED) is 0.856. The van der Waals surface area contributed by atoms with Crippen molar-refractivity contribution in [3.05, 3.63) is 53.7 Å². The molecule has 3 rings (SSSR count). The Labute approximate surface area is 149 Å². The number of nitrogens with one attached hydrogen (secondary N) is 1. The highest BCUT2D eigenvalue weighted by Gasteiger charge is 2.34. The molecular weight excluding hydrogens is 345 g/mol. The SMILES string of the molecule is O=C1C(Nc2ccc(C(F)(F)F)nn2)CCN1CCCc1ccccc1. The third kappa shape index (κ3) is 4.50. The number of aromatic nitrogens is 2. The van der Waals surface area contributed by atoms with Crippen molar-refractivity contribution < 1.29 is 18.0 Å². The number of benzene rings is 1. The fourth-order valence-electron chi connectivity index (χ4n) is 2.95. The number of alkyl halides is 3. The summed E-state index contributed by atoms with van der Waals surface area (Å²) in [7, 11) is 0. The van der Waals surface area contributed by atoms with E-state index in [0.29, 0.717) is 19.5 Å². The molecule has 8 heteroatoms. The van der Waals surface area contributed by atoms with Gasteiger partial charge in [0.25, 0.3) is 0 Å². The van der Waals surface area contributed by atoms with Crippen molar-refractivity contribution in [3.8, 4) is 0 Å². The van der Waals surface area contributed by atoms with Gasteiger partial charge in [-0.2, -0.15) is 13.2 Å². The van der Waals surface area contributed by atoms with Crippen molar-refractivity contribution in [3.63, 3.8) is 0 Å². The summed E-state index contributed by atoms with van der Waals surface area (Å²) in [6, 6.07) is 11.6. The molecule has 0 bridgehead atoms. The number of likely N-dealkylation sites (tertiary alicyclic amines) is 1. The molecule has 1 unspecified atom stereocenters. The van der Waals surface area contributed by atoms with Crippen molar-refractivity contribution >= 4 is 11.7 Å². The van der Waals surface area contributed by atoms with E-state index in [4.69, 9.17) is 0 Å². The number of anilines is 1. The van der Waals surface area contributed by atoms with Crippen LogP contribution < -0.4 is 5.32 Å². The standard InChI is InChI=1S/C18H19F3N4O/c19-18(20,21)15-8-9-16(24-23-15)22-14-10-12-25(17(14)26)11-4-7-13-5-2-1-3-6-13/h1-3,5-6,8-9,14H,4,7,10-12H2,(H,22,24). The Kier molecular flexibility index (Phi) is 5.39. The van der Waals surface area contributed by atoms with E-state index in [2.05, 4.69) is 27.6 Å². The molecule has 1 aliphatic rings. The highest BCUT2D eigenvalue weighted by molar-refractivity contribution is 5.86. The second kappa shape index (κ2) is 7.72.